The van der Waals surface area contributed by atoms with Crippen LogP contribution < -0.4 is 0 Å². The van der Waals surface area contributed by atoms with Gasteiger partial charge in [-0.15, -0.1) is 0 Å². The van der Waals surface area contributed by atoms with Gasteiger partial charge >= 0.3 is 10.4 Å². The van der Waals surface area contributed by atoms with Crippen LogP contribution in [-0.2, 0) is 19.4 Å². The van der Waals surface area contributed by atoms with E-state index in [2.05, 4.69) is 26.8 Å². The molecule has 4 aliphatic rings. The molecule has 0 aliphatic heterocycles. The molecule has 200 valence electrons. The Labute approximate surface area is 210 Å². The number of fused-ring (bicyclic) bond motifs is 5. The molecule has 3 fully saturated rings. The topological polar surface area (TPSA) is 121 Å². The number of allylic oxidation sites excluding steroid dienone is 2. The maximum Gasteiger partial charge on any atom is 0.397 e. The predicted molar refractivity (Wildman–Crippen MR) is 133 cm³/mol. The summed E-state index contributed by atoms with van der Waals surface area (Å²) in [5.41, 5.74) is 1.27. The quantitative estimate of drug-likeness (QED) is 0.343. The van der Waals surface area contributed by atoms with Crippen molar-refractivity contribution < 1.29 is 32.2 Å². The van der Waals surface area contributed by atoms with Crippen molar-refractivity contribution in [2.45, 2.75) is 104 Å². The first-order valence-corrected chi connectivity index (χ1v) is 14.8. The summed E-state index contributed by atoms with van der Waals surface area (Å²) in [4.78, 5) is 12.6. The maximum atomic E-state index is 12.6. The Balaban J connectivity index is 1.54. The normalized spacial score (nSPS) is 43.1. The number of hydrogen-bond acceptors (Lipinski definition) is 6. The number of aliphatic hydroxyl groups is 2. The Morgan fingerprint density at radius 3 is 2.46 bits per heavy atom. The summed E-state index contributed by atoms with van der Waals surface area (Å²) >= 11 is 0. The molecule has 0 aromatic rings. The number of aliphatic hydroxyl groups excluding tert-OH is 2. The van der Waals surface area contributed by atoms with Gasteiger partial charge in [-0.2, -0.15) is 8.42 Å². The highest BCUT2D eigenvalue weighted by molar-refractivity contribution is 7.80. The predicted octanol–water partition coefficient (Wildman–Crippen LogP) is 4.34. The van der Waals surface area contributed by atoms with Crippen molar-refractivity contribution in [3.8, 4) is 0 Å². The Hall–Kier alpha value is -0.800. The van der Waals surface area contributed by atoms with E-state index in [-0.39, 0.29) is 40.3 Å². The van der Waals surface area contributed by atoms with Crippen LogP contribution in [-0.4, -0.2) is 47.3 Å². The molecule has 8 heteroatoms. The molecule has 4 unspecified atom stereocenters. The van der Waals surface area contributed by atoms with Gasteiger partial charge < -0.3 is 10.2 Å². The van der Waals surface area contributed by atoms with Gasteiger partial charge in [0.1, 0.15) is 6.10 Å². The van der Waals surface area contributed by atoms with Crippen LogP contribution in [0.15, 0.2) is 11.6 Å². The summed E-state index contributed by atoms with van der Waals surface area (Å²) < 4.78 is 36.5. The summed E-state index contributed by atoms with van der Waals surface area (Å²) in [5, 5.41) is 21.5. The fourth-order valence-corrected chi connectivity index (χ4v) is 9.24. The van der Waals surface area contributed by atoms with Crippen molar-refractivity contribution >= 4 is 16.2 Å². The largest absolute Gasteiger partial charge is 0.397 e. The van der Waals surface area contributed by atoms with Crippen molar-refractivity contribution in [2.24, 2.45) is 46.3 Å². The highest BCUT2D eigenvalue weighted by Crippen LogP contribution is 2.66. The molecule has 3 saturated carbocycles. The van der Waals surface area contributed by atoms with E-state index in [1.165, 1.54) is 5.57 Å². The lowest BCUT2D eigenvalue weighted by Crippen LogP contribution is -2.54. The van der Waals surface area contributed by atoms with Gasteiger partial charge in [0, 0.05) is 6.42 Å². The summed E-state index contributed by atoms with van der Waals surface area (Å²) in [6, 6.07) is 0. The molecule has 0 aromatic heterocycles. The van der Waals surface area contributed by atoms with E-state index in [0.29, 0.717) is 37.5 Å². The van der Waals surface area contributed by atoms with E-state index < -0.39 is 28.7 Å². The molecule has 7 nitrogen and oxygen atoms in total. The summed E-state index contributed by atoms with van der Waals surface area (Å²) in [7, 11) is -4.51. The Morgan fingerprint density at radius 1 is 1.14 bits per heavy atom. The zero-order valence-corrected chi connectivity index (χ0v) is 22.6. The molecule has 0 spiro atoms. The van der Waals surface area contributed by atoms with Crippen LogP contribution in [0, 0.1) is 46.3 Å². The lowest BCUT2D eigenvalue weighted by Gasteiger charge is -2.58. The number of carbonyl (C=O) groups is 1. The number of carbonyl (C=O) groups excluding carboxylic acids is 1. The monoisotopic (exact) mass is 512 g/mol. The first-order chi connectivity index (χ1) is 16.2. The number of hydrogen-bond donors (Lipinski definition) is 3. The van der Waals surface area contributed by atoms with Gasteiger partial charge in [-0.05, 0) is 91.3 Å². The van der Waals surface area contributed by atoms with Crippen LogP contribution in [0.25, 0.3) is 0 Å². The fourth-order valence-electron chi connectivity index (χ4n) is 8.72. The van der Waals surface area contributed by atoms with Gasteiger partial charge in [-0.25, -0.2) is 4.18 Å². The highest BCUT2D eigenvalue weighted by atomic mass is 32.3. The lowest BCUT2D eigenvalue weighted by molar-refractivity contribution is -0.130. The minimum absolute atomic E-state index is 0.0566. The first kappa shape index (κ1) is 27.2. The molecule has 10 atom stereocenters. The van der Waals surface area contributed by atoms with Crippen LogP contribution in [0.2, 0.25) is 0 Å². The fraction of sp³-hybridized carbons (Fsp3) is 0.889. The minimum atomic E-state index is -4.51. The molecule has 0 radical (unpaired) electrons. The van der Waals surface area contributed by atoms with E-state index in [9.17, 15) is 23.4 Å². The lowest BCUT2D eigenvalue weighted by atomic mass is 9.47. The molecule has 0 bridgehead atoms. The molecular formula is C27H44O7S. The molecule has 0 heterocycles. The van der Waals surface area contributed by atoms with Crippen molar-refractivity contribution in [3.05, 3.63) is 11.6 Å². The Kier molecular flexibility index (Phi) is 7.39. The van der Waals surface area contributed by atoms with Crippen LogP contribution in [0.3, 0.4) is 0 Å². The van der Waals surface area contributed by atoms with Crippen LogP contribution in [0.5, 0.6) is 0 Å². The van der Waals surface area contributed by atoms with Crippen molar-refractivity contribution in [1.29, 1.82) is 0 Å². The first-order valence-electron chi connectivity index (χ1n) is 13.4. The summed E-state index contributed by atoms with van der Waals surface area (Å²) in [6.45, 7) is 10.5. The third-order valence-electron chi connectivity index (χ3n) is 10.5. The second-order valence-electron chi connectivity index (χ2n) is 12.9. The van der Waals surface area contributed by atoms with E-state index in [1.54, 1.807) is 0 Å². The smallest absolute Gasteiger partial charge is 0.393 e. The third kappa shape index (κ3) is 4.90. The molecule has 0 saturated heterocycles. The van der Waals surface area contributed by atoms with Gasteiger partial charge in [0.25, 0.3) is 0 Å². The van der Waals surface area contributed by atoms with E-state index >= 15 is 0 Å². The average Bonchev–Trinajstić information content (AvgIpc) is 3.10. The SMILES string of the molecule is CC(C)C(O)C(=O)C[C@@H](C)[C@H]1CCC2C3C[C@H](O)C4C[C@@H](OS(=O)(=O)O)CC[C@]4(C)C3=CC[C@@]21C. The number of ketones is 1. The zero-order chi connectivity index (χ0) is 25.9. The zero-order valence-electron chi connectivity index (χ0n) is 21.8. The highest BCUT2D eigenvalue weighted by Gasteiger charge is 2.60. The molecule has 0 aromatic carbocycles. The molecule has 0 amide bonds. The average molecular weight is 513 g/mol. The second-order valence-corrected chi connectivity index (χ2v) is 13.9. The van der Waals surface area contributed by atoms with Crippen molar-refractivity contribution in [1.82, 2.24) is 0 Å². The summed E-state index contributed by atoms with van der Waals surface area (Å²) in [5.74, 6) is 1.11. The van der Waals surface area contributed by atoms with Gasteiger partial charge in [-0.3, -0.25) is 9.35 Å². The number of Topliss-reactive ketones (excluding diaryl/α,β-unsaturated/α-hetero) is 1. The second kappa shape index (κ2) is 9.50. The molecule has 3 N–H and O–H groups in total. The van der Waals surface area contributed by atoms with Crippen molar-refractivity contribution in [3.63, 3.8) is 0 Å². The summed E-state index contributed by atoms with van der Waals surface area (Å²) in [6.07, 6.45) is 6.20. The van der Waals surface area contributed by atoms with Crippen LogP contribution >= 0.6 is 0 Å². The molecule has 35 heavy (non-hydrogen) atoms. The third-order valence-corrected chi connectivity index (χ3v) is 11.0. The van der Waals surface area contributed by atoms with Gasteiger partial charge in [-0.1, -0.05) is 46.3 Å². The minimum Gasteiger partial charge on any atom is -0.393 e. The molecule has 4 rings (SSSR count). The van der Waals surface area contributed by atoms with Crippen molar-refractivity contribution in [2.75, 3.05) is 0 Å². The molecular weight excluding hydrogens is 468 g/mol. The molecule has 4 aliphatic carbocycles. The Bertz CT molecular complexity index is 959. The number of rotatable bonds is 7. The van der Waals surface area contributed by atoms with Gasteiger partial charge in [0.2, 0.25) is 0 Å². The maximum absolute atomic E-state index is 12.6. The standard InChI is InChI=1S/C27H44O7S/c1-15(2)25(30)24(29)12-16(3)19-6-7-20-18-14-23(28)22-13-17(34-35(31,32)33)8-10-27(22,5)21(18)9-11-26(19,20)4/h9,15-20,22-23,25,28,30H,6-8,10-14H2,1-5H3,(H,31,32,33)/t16-,17+,18?,19-,20?,22?,23+,25?,26-,27-/m1/s1. The van der Waals surface area contributed by atoms with Gasteiger partial charge in [0.15, 0.2) is 5.78 Å². The van der Waals surface area contributed by atoms with Gasteiger partial charge in [0.05, 0.1) is 12.2 Å². The van der Waals surface area contributed by atoms with Crippen LogP contribution in [0.4, 0.5) is 0 Å². The van der Waals surface area contributed by atoms with E-state index in [0.717, 1.165) is 25.7 Å². The van der Waals surface area contributed by atoms with E-state index in [1.807, 2.05) is 13.8 Å². The van der Waals surface area contributed by atoms with E-state index in [4.69, 9.17) is 8.74 Å². The Morgan fingerprint density at radius 2 is 1.83 bits per heavy atom. The van der Waals surface area contributed by atoms with Crippen LogP contribution in [0.1, 0.15) is 86.0 Å².